The molecule has 1 saturated heterocycles. The number of piperazine rings is 1. The lowest BCUT2D eigenvalue weighted by Gasteiger charge is -2.31. The van der Waals surface area contributed by atoms with Gasteiger partial charge >= 0.3 is 0 Å². The highest BCUT2D eigenvalue weighted by molar-refractivity contribution is 5.92. The maximum absolute atomic E-state index is 11.9. The first-order valence-electron chi connectivity index (χ1n) is 6.57. The van der Waals surface area contributed by atoms with Crippen LogP contribution in [0.4, 0.5) is 5.69 Å². The van der Waals surface area contributed by atoms with Gasteiger partial charge in [0.05, 0.1) is 13.7 Å². The van der Waals surface area contributed by atoms with E-state index >= 15 is 0 Å². The number of rotatable bonds is 5. The molecule has 1 aliphatic heterocycles. The maximum atomic E-state index is 11.9. The molecule has 0 aliphatic carbocycles. The fraction of sp³-hybridized carbons (Fsp3) is 0.429. The van der Waals surface area contributed by atoms with Crippen molar-refractivity contribution in [3.05, 3.63) is 24.3 Å². The molecular formula is C14H19N3O3. The molecule has 1 aliphatic rings. The molecule has 0 aromatic heterocycles. The highest BCUT2D eigenvalue weighted by Gasteiger charge is 2.17. The minimum absolute atomic E-state index is 0.0466. The number of carbonyl (C=O) groups is 2. The van der Waals surface area contributed by atoms with Gasteiger partial charge in [0, 0.05) is 31.9 Å². The Kier molecular flexibility index (Phi) is 4.95. The van der Waals surface area contributed by atoms with Gasteiger partial charge in [0.25, 0.3) is 0 Å². The van der Waals surface area contributed by atoms with E-state index in [4.69, 9.17) is 4.74 Å². The Morgan fingerprint density at radius 2 is 1.90 bits per heavy atom. The van der Waals surface area contributed by atoms with Crippen LogP contribution < -0.4 is 10.1 Å². The number of nitrogens with one attached hydrogen (secondary N) is 1. The van der Waals surface area contributed by atoms with Crippen molar-refractivity contribution in [1.82, 2.24) is 9.80 Å². The van der Waals surface area contributed by atoms with Gasteiger partial charge in [-0.1, -0.05) is 0 Å². The van der Waals surface area contributed by atoms with E-state index in [1.807, 2.05) is 4.90 Å². The Morgan fingerprint density at radius 1 is 1.25 bits per heavy atom. The molecule has 2 rings (SSSR count). The number of benzene rings is 1. The topological polar surface area (TPSA) is 61.9 Å². The highest BCUT2D eigenvalue weighted by Crippen LogP contribution is 2.14. The first-order chi connectivity index (χ1) is 9.71. The second-order valence-corrected chi connectivity index (χ2v) is 4.69. The van der Waals surface area contributed by atoms with Gasteiger partial charge in [-0.05, 0) is 24.3 Å². The molecule has 2 amide bonds. The lowest BCUT2D eigenvalue weighted by atomic mass is 10.3. The normalized spacial score (nSPS) is 15.8. The number of amides is 2. The van der Waals surface area contributed by atoms with Crippen LogP contribution in [0, 0.1) is 0 Å². The largest absolute Gasteiger partial charge is 0.497 e. The molecule has 20 heavy (non-hydrogen) atoms. The van der Waals surface area contributed by atoms with Gasteiger partial charge in [0.15, 0.2) is 0 Å². The predicted octanol–water partition coefficient (Wildman–Crippen LogP) is 0.408. The first-order valence-corrected chi connectivity index (χ1v) is 6.57. The van der Waals surface area contributed by atoms with E-state index in [9.17, 15) is 9.59 Å². The quantitative estimate of drug-likeness (QED) is 0.792. The Labute approximate surface area is 118 Å². The number of hydrogen-bond donors (Lipinski definition) is 1. The molecule has 1 aromatic carbocycles. The third kappa shape index (κ3) is 3.96. The molecule has 0 unspecified atom stereocenters. The third-order valence-corrected chi connectivity index (χ3v) is 3.30. The third-order valence-electron chi connectivity index (χ3n) is 3.30. The van der Waals surface area contributed by atoms with E-state index in [0.29, 0.717) is 19.6 Å². The van der Waals surface area contributed by atoms with E-state index in [0.717, 1.165) is 30.9 Å². The minimum Gasteiger partial charge on any atom is -0.497 e. The molecule has 0 spiro atoms. The predicted molar refractivity (Wildman–Crippen MR) is 75.7 cm³/mol. The average molecular weight is 277 g/mol. The lowest BCUT2D eigenvalue weighted by molar-refractivity contribution is -0.120. The lowest BCUT2D eigenvalue weighted by Crippen LogP contribution is -2.48. The summed E-state index contributed by atoms with van der Waals surface area (Å²) >= 11 is 0. The highest BCUT2D eigenvalue weighted by atomic mass is 16.5. The second kappa shape index (κ2) is 6.91. The Balaban J connectivity index is 1.78. The van der Waals surface area contributed by atoms with E-state index in [1.165, 1.54) is 0 Å². The summed E-state index contributed by atoms with van der Waals surface area (Å²) in [4.78, 5) is 26.3. The van der Waals surface area contributed by atoms with Gasteiger partial charge in [-0.2, -0.15) is 0 Å². The van der Waals surface area contributed by atoms with Crippen LogP contribution in [0.1, 0.15) is 0 Å². The zero-order valence-corrected chi connectivity index (χ0v) is 11.5. The molecule has 0 radical (unpaired) electrons. The van der Waals surface area contributed by atoms with Gasteiger partial charge in [0.2, 0.25) is 12.3 Å². The number of carbonyl (C=O) groups excluding carboxylic acids is 2. The number of anilines is 1. The zero-order chi connectivity index (χ0) is 14.4. The SMILES string of the molecule is COc1ccc(NC(=O)CN2CCN(C=O)CC2)cc1. The molecule has 0 atom stereocenters. The summed E-state index contributed by atoms with van der Waals surface area (Å²) in [5.74, 6) is 0.711. The van der Waals surface area contributed by atoms with E-state index in [1.54, 1.807) is 36.3 Å². The summed E-state index contributed by atoms with van der Waals surface area (Å²) in [5.41, 5.74) is 0.752. The molecule has 1 fully saturated rings. The smallest absolute Gasteiger partial charge is 0.238 e. The molecule has 108 valence electrons. The van der Waals surface area contributed by atoms with Gasteiger partial charge in [-0.15, -0.1) is 0 Å². The summed E-state index contributed by atoms with van der Waals surface area (Å²) in [6.07, 6.45) is 0.856. The average Bonchev–Trinajstić information content (AvgIpc) is 2.49. The van der Waals surface area contributed by atoms with Crippen LogP contribution in [0.5, 0.6) is 5.75 Å². The van der Waals surface area contributed by atoms with Crippen molar-refractivity contribution in [2.45, 2.75) is 0 Å². The number of nitrogens with zero attached hydrogens (tertiary/aromatic N) is 2. The standard InChI is InChI=1S/C14H19N3O3/c1-20-13-4-2-12(3-5-13)15-14(19)10-16-6-8-17(11-18)9-7-16/h2-5,11H,6-10H2,1H3,(H,15,19). The van der Waals surface area contributed by atoms with Crippen molar-refractivity contribution in [1.29, 1.82) is 0 Å². The molecule has 1 aromatic rings. The Hall–Kier alpha value is -2.08. The molecule has 1 N–H and O–H groups in total. The van der Waals surface area contributed by atoms with Crippen molar-refractivity contribution in [3.63, 3.8) is 0 Å². The number of ether oxygens (including phenoxy) is 1. The van der Waals surface area contributed by atoms with E-state index in [-0.39, 0.29) is 5.91 Å². The van der Waals surface area contributed by atoms with Crippen LogP contribution in [-0.2, 0) is 9.59 Å². The second-order valence-electron chi connectivity index (χ2n) is 4.69. The summed E-state index contributed by atoms with van der Waals surface area (Å²) in [6, 6.07) is 7.22. The van der Waals surface area contributed by atoms with Crippen LogP contribution in [0.2, 0.25) is 0 Å². The Bertz CT molecular complexity index is 453. The van der Waals surface area contributed by atoms with Crippen LogP contribution in [0.3, 0.4) is 0 Å². The maximum Gasteiger partial charge on any atom is 0.238 e. The van der Waals surface area contributed by atoms with Crippen molar-refractivity contribution >= 4 is 18.0 Å². The number of hydrogen-bond acceptors (Lipinski definition) is 4. The molecule has 1 heterocycles. The zero-order valence-electron chi connectivity index (χ0n) is 11.5. The summed E-state index contributed by atoms with van der Waals surface area (Å²) in [6.45, 7) is 3.17. The summed E-state index contributed by atoms with van der Waals surface area (Å²) in [7, 11) is 1.60. The van der Waals surface area contributed by atoms with Crippen LogP contribution in [0.25, 0.3) is 0 Å². The van der Waals surface area contributed by atoms with Crippen LogP contribution in [-0.4, -0.2) is 62.0 Å². The summed E-state index contributed by atoms with van der Waals surface area (Å²) < 4.78 is 5.06. The van der Waals surface area contributed by atoms with E-state index in [2.05, 4.69) is 5.32 Å². The molecule has 0 saturated carbocycles. The van der Waals surface area contributed by atoms with Crippen molar-refractivity contribution in [2.24, 2.45) is 0 Å². The van der Waals surface area contributed by atoms with Gasteiger partial charge in [-0.25, -0.2) is 0 Å². The van der Waals surface area contributed by atoms with Gasteiger partial charge in [-0.3, -0.25) is 14.5 Å². The first kappa shape index (κ1) is 14.3. The molecule has 0 bridgehead atoms. The van der Waals surface area contributed by atoms with Crippen molar-refractivity contribution in [3.8, 4) is 5.75 Å². The molecule has 6 nitrogen and oxygen atoms in total. The van der Waals surface area contributed by atoms with E-state index < -0.39 is 0 Å². The van der Waals surface area contributed by atoms with Crippen molar-refractivity contribution < 1.29 is 14.3 Å². The monoisotopic (exact) mass is 277 g/mol. The van der Waals surface area contributed by atoms with Gasteiger partial charge in [0.1, 0.15) is 5.75 Å². The van der Waals surface area contributed by atoms with Crippen LogP contribution in [0.15, 0.2) is 24.3 Å². The summed E-state index contributed by atoms with van der Waals surface area (Å²) in [5, 5.41) is 2.85. The van der Waals surface area contributed by atoms with Crippen LogP contribution >= 0.6 is 0 Å². The Morgan fingerprint density at radius 3 is 2.45 bits per heavy atom. The fourth-order valence-corrected chi connectivity index (χ4v) is 2.10. The minimum atomic E-state index is -0.0466. The van der Waals surface area contributed by atoms with Gasteiger partial charge < -0.3 is 15.0 Å². The molecule has 6 heteroatoms. The number of methoxy groups -OCH3 is 1. The molecular weight excluding hydrogens is 258 g/mol. The fourth-order valence-electron chi connectivity index (χ4n) is 2.10. The van der Waals surface area contributed by atoms with Crippen molar-refractivity contribution in [2.75, 3.05) is 45.2 Å².